The standard InChI is InChI=1S/C25H34N2O4/c1-7-19(4)26-25(29)20(5)27(15-21-9-8-10-22(14-21)30-6)24(28)16-31-23-13-17(2)11-12-18(23)3/h8-14,19-20H,7,15-16H2,1-6H3,(H,26,29)/t19-,20+/m1/s1. The summed E-state index contributed by atoms with van der Waals surface area (Å²) in [5.41, 5.74) is 2.89. The number of hydrogen-bond acceptors (Lipinski definition) is 4. The Morgan fingerprint density at radius 1 is 1.10 bits per heavy atom. The fourth-order valence-electron chi connectivity index (χ4n) is 3.10. The largest absolute Gasteiger partial charge is 0.497 e. The molecule has 0 spiro atoms. The lowest BCUT2D eigenvalue weighted by Crippen LogP contribution is -2.50. The Balaban J connectivity index is 2.21. The van der Waals surface area contributed by atoms with Gasteiger partial charge in [-0.05, 0) is 69.0 Å². The molecule has 0 aromatic heterocycles. The van der Waals surface area contributed by atoms with Gasteiger partial charge in [0, 0.05) is 12.6 Å². The van der Waals surface area contributed by atoms with Gasteiger partial charge in [-0.1, -0.05) is 31.2 Å². The number of carbonyl (C=O) groups is 2. The van der Waals surface area contributed by atoms with Crippen molar-refractivity contribution in [1.29, 1.82) is 0 Å². The number of aryl methyl sites for hydroxylation is 2. The van der Waals surface area contributed by atoms with Crippen LogP contribution in [0.15, 0.2) is 42.5 Å². The zero-order valence-corrected chi connectivity index (χ0v) is 19.4. The van der Waals surface area contributed by atoms with Crippen molar-refractivity contribution in [2.24, 2.45) is 0 Å². The number of carbonyl (C=O) groups excluding carboxylic acids is 2. The molecule has 2 aromatic rings. The average molecular weight is 427 g/mol. The van der Waals surface area contributed by atoms with Gasteiger partial charge in [-0.25, -0.2) is 0 Å². The molecule has 0 fully saturated rings. The molecule has 0 bridgehead atoms. The van der Waals surface area contributed by atoms with Crippen LogP contribution in [0.1, 0.15) is 43.9 Å². The van der Waals surface area contributed by atoms with E-state index in [4.69, 9.17) is 9.47 Å². The van der Waals surface area contributed by atoms with Crippen molar-refractivity contribution in [3.63, 3.8) is 0 Å². The Bertz CT molecular complexity index is 897. The van der Waals surface area contributed by atoms with Gasteiger partial charge in [-0.3, -0.25) is 9.59 Å². The number of nitrogens with zero attached hydrogens (tertiary/aromatic N) is 1. The first-order valence-corrected chi connectivity index (χ1v) is 10.7. The van der Waals surface area contributed by atoms with E-state index in [1.54, 1.807) is 18.9 Å². The molecule has 31 heavy (non-hydrogen) atoms. The highest BCUT2D eigenvalue weighted by Crippen LogP contribution is 2.20. The first-order chi connectivity index (χ1) is 14.7. The van der Waals surface area contributed by atoms with Gasteiger partial charge in [0.2, 0.25) is 5.91 Å². The van der Waals surface area contributed by atoms with Crippen LogP contribution in [0.25, 0.3) is 0 Å². The highest BCUT2D eigenvalue weighted by molar-refractivity contribution is 5.88. The minimum atomic E-state index is -0.644. The molecule has 2 atom stereocenters. The zero-order chi connectivity index (χ0) is 23.0. The molecule has 2 rings (SSSR count). The van der Waals surface area contributed by atoms with E-state index in [0.717, 1.165) is 23.1 Å². The van der Waals surface area contributed by atoms with Crippen molar-refractivity contribution in [2.75, 3.05) is 13.7 Å². The summed E-state index contributed by atoms with van der Waals surface area (Å²) in [5, 5.41) is 2.97. The summed E-state index contributed by atoms with van der Waals surface area (Å²) in [5.74, 6) is 0.937. The lowest BCUT2D eigenvalue weighted by Gasteiger charge is -2.29. The molecule has 0 saturated heterocycles. The molecule has 0 aliphatic carbocycles. The Morgan fingerprint density at radius 2 is 1.84 bits per heavy atom. The Morgan fingerprint density at radius 3 is 2.52 bits per heavy atom. The molecular weight excluding hydrogens is 392 g/mol. The summed E-state index contributed by atoms with van der Waals surface area (Å²) in [6, 6.07) is 12.8. The van der Waals surface area contributed by atoms with Crippen LogP contribution >= 0.6 is 0 Å². The van der Waals surface area contributed by atoms with Crippen LogP contribution in [0.5, 0.6) is 11.5 Å². The van der Waals surface area contributed by atoms with E-state index in [0.29, 0.717) is 11.5 Å². The number of amides is 2. The van der Waals surface area contributed by atoms with Gasteiger partial charge in [0.25, 0.3) is 5.91 Å². The van der Waals surface area contributed by atoms with E-state index in [1.165, 1.54) is 0 Å². The molecule has 0 heterocycles. The lowest BCUT2D eigenvalue weighted by atomic mass is 10.1. The van der Waals surface area contributed by atoms with Gasteiger partial charge < -0.3 is 19.7 Å². The van der Waals surface area contributed by atoms with Gasteiger partial charge in [-0.15, -0.1) is 0 Å². The highest BCUT2D eigenvalue weighted by Gasteiger charge is 2.27. The highest BCUT2D eigenvalue weighted by atomic mass is 16.5. The van der Waals surface area contributed by atoms with Gasteiger partial charge in [0.15, 0.2) is 6.61 Å². The maximum Gasteiger partial charge on any atom is 0.261 e. The topological polar surface area (TPSA) is 67.9 Å². The third-order valence-corrected chi connectivity index (χ3v) is 5.35. The van der Waals surface area contributed by atoms with Crippen LogP contribution in [0.2, 0.25) is 0 Å². The summed E-state index contributed by atoms with van der Waals surface area (Å²) >= 11 is 0. The molecule has 0 radical (unpaired) electrons. The van der Waals surface area contributed by atoms with Crippen LogP contribution in [0, 0.1) is 13.8 Å². The van der Waals surface area contributed by atoms with Crippen molar-refractivity contribution in [1.82, 2.24) is 10.2 Å². The Labute approximate surface area is 185 Å². The number of nitrogens with one attached hydrogen (secondary N) is 1. The van der Waals surface area contributed by atoms with E-state index in [2.05, 4.69) is 5.32 Å². The molecular formula is C25H34N2O4. The Hall–Kier alpha value is -3.02. The normalized spacial score (nSPS) is 12.6. The first-order valence-electron chi connectivity index (χ1n) is 10.7. The Kier molecular flexibility index (Phi) is 8.91. The fourth-order valence-corrected chi connectivity index (χ4v) is 3.10. The zero-order valence-electron chi connectivity index (χ0n) is 19.4. The molecule has 2 amide bonds. The first kappa shape index (κ1) is 24.3. The number of hydrogen-bond donors (Lipinski definition) is 1. The summed E-state index contributed by atoms with van der Waals surface area (Å²) in [7, 11) is 1.60. The van der Waals surface area contributed by atoms with E-state index >= 15 is 0 Å². The monoisotopic (exact) mass is 426 g/mol. The van der Waals surface area contributed by atoms with Gasteiger partial charge in [0.1, 0.15) is 17.5 Å². The second-order valence-corrected chi connectivity index (χ2v) is 7.92. The van der Waals surface area contributed by atoms with Crippen LogP contribution in [-0.2, 0) is 16.1 Å². The number of benzene rings is 2. The smallest absolute Gasteiger partial charge is 0.261 e. The third kappa shape index (κ3) is 7.02. The minimum Gasteiger partial charge on any atom is -0.497 e. The van der Waals surface area contributed by atoms with Crippen LogP contribution < -0.4 is 14.8 Å². The maximum atomic E-state index is 13.2. The van der Waals surface area contributed by atoms with Gasteiger partial charge >= 0.3 is 0 Å². The van der Waals surface area contributed by atoms with Crippen LogP contribution in [-0.4, -0.2) is 42.5 Å². The summed E-state index contributed by atoms with van der Waals surface area (Å²) < 4.78 is 11.1. The molecule has 0 aliphatic heterocycles. The summed E-state index contributed by atoms with van der Waals surface area (Å²) in [6.07, 6.45) is 0.817. The number of ether oxygens (including phenoxy) is 2. The van der Waals surface area contributed by atoms with Crippen molar-refractivity contribution in [2.45, 2.75) is 59.7 Å². The second-order valence-electron chi connectivity index (χ2n) is 7.92. The van der Waals surface area contributed by atoms with Gasteiger partial charge in [-0.2, -0.15) is 0 Å². The van der Waals surface area contributed by atoms with Crippen molar-refractivity contribution in [3.05, 3.63) is 59.2 Å². The molecule has 0 aliphatic rings. The van der Waals surface area contributed by atoms with Crippen molar-refractivity contribution < 1.29 is 19.1 Å². The quantitative estimate of drug-likeness (QED) is 0.623. The molecule has 0 saturated carbocycles. The van der Waals surface area contributed by atoms with E-state index in [1.807, 2.05) is 70.2 Å². The number of rotatable bonds is 10. The molecule has 0 unspecified atom stereocenters. The van der Waals surface area contributed by atoms with E-state index < -0.39 is 6.04 Å². The summed E-state index contributed by atoms with van der Waals surface area (Å²) in [4.78, 5) is 27.5. The van der Waals surface area contributed by atoms with E-state index in [9.17, 15) is 9.59 Å². The van der Waals surface area contributed by atoms with Crippen molar-refractivity contribution in [3.8, 4) is 11.5 Å². The molecule has 6 nitrogen and oxygen atoms in total. The molecule has 168 valence electrons. The SMILES string of the molecule is CC[C@@H](C)NC(=O)[C@H](C)N(Cc1cccc(OC)c1)C(=O)COc1cc(C)ccc1C. The third-order valence-electron chi connectivity index (χ3n) is 5.35. The predicted molar refractivity (Wildman–Crippen MR) is 122 cm³/mol. The lowest BCUT2D eigenvalue weighted by molar-refractivity contribution is -0.142. The fraction of sp³-hybridized carbons (Fsp3) is 0.440. The van der Waals surface area contributed by atoms with Crippen molar-refractivity contribution >= 4 is 11.8 Å². The van der Waals surface area contributed by atoms with Crippen LogP contribution in [0.4, 0.5) is 0 Å². The van der Waals surface area contributed by atoms with E-state index in [-0.39, 0.29) is 31.0 Å². The minimum absolute atomic E-state index is 0.0370. The average Bonchev–Trinajstić information content (AvgIpc) is 2.77. The maximum absolute atomic E-state index is 13.2. The predicted octanol–water partition coefficient (Wildman–Crippen LogP) is 4.02. The van der Waals surface area contributed by atoms with Gasteiger partial charge in [0.05, 0.1) is 7.11 Å². The molecule has 1 N–H and O–H groups in total. The second kappa shape index (κ2) is 11.4. The molecule has 6 heteroatoms. The molecule has 2 aromatic carbocycles. The number of methoxy groups -OCH3 is 1. The summed E-state index contributed by atoms with van der Waals surface area (Å²) in [6.45, 7) is 9.75. The van der Waals surface area contributed by atoms with Crippen LogP contribution in [0.3, 0.4) is 0 Å².